The van der Waals surface area contributed by atoms with Crippen molar-refractivity contribution in [2.24, 2.45) is 0 Å². The van der Waals surface area contributed by atoms with Crippen LogP contribution in [0.3, 0.4) is 0 Å². The largest absolute Gasteiger partial charge is 0.389 e. The summed E-state index contributed by atoms with van der Waals surface area (Å²) >= 11 is 0. The van der Waals surface area contributed by atoms with Gasteiger partial charge in [0.05, 0.1) is 5.60 Å². The van der Waals surface area contributed by atoms with Gasteiger partial charge in [0.1, 0.15) is 0 Å². The van der Waals surface area contributed by atoms with Gasteiger partial charge >= 0.3 is 0 Å². The lowest BCUT2D eigenvalue weighted by atomic mass is 10.0. The molecule has 0 heterocycles. The average Bonchev–Trinajstić information content (AvgIpc) is 2.13. The van der Waals surface area contributed by atoms with Crippen molar-refractivity contribution in [3.8, 4) is 0 Å². The summed E-state index contributed by atoms with van der Waals surface area (Å²) in [4.78, 5) is 0. The minimum Gasteiger partial charge on any atom is -0.389 e. The summed E-state index contributed by atoms with van der Waals surface area (Å²) in [6.45, 7) is 4.96. The summed E-state index contributed by atoms with van der Waals surface area (Å²) in [6.07, 6.45) is 3.23. The summed E-state index contributed by atoms with van der Waals surface area (Å²) in [5.41, 5.74) is -0.448. The normalized spacial score (nSPS) is 40.5. The zero-order valence-corrected chi connectivity index (χ0v) is 6.85. The average molecular weight is 143 g/mol. The van der Waals surface area contributed by atoms with E-state index >= 15 is 0 Å². The molecule has 1 rings (SSSR count). The van der Waals surface area contributed by atoms with E-state index < -0.39 is 5.60 Å². The molecule has 1 aliphatic rings. The Morgan fingerprint density at radius 3 is 2.80 bits per heavy atom. The molecule has 2 N–H and O–H groups in total. The molecule has 0 amide bonds. The topological polar surface area (TPSA) is 32.3 Å². The van der Waals surface area contributed by atoms with E-state index in [0.29, 0.717) is 6.04 Å². The van der Waals surface area contributed by atoms with E-state index in [4.69, 9.17) is 0 Å². The first-order valence-corrected chi connectivity index (χ1v) is 4.12. The Morgan fingerprint density at radius 1 is 1.70 bits per heavy atom. The van der Waals surface area contributed by atoms with E-state index in [1.807, 2.05) is 6.92 Å². The van der Waals surface area contributed by atoms with E-state index in [9.17, 15) is 5.11 Å². The Kier molecular flexibility index (Phi) is 2.32. The quantitative estimate of drug-likeness (QED) is 0.602. The lowest BCUT2D eigenvalue weighted by Crippen LogP contribution is -2.44. The molecule has 0 saturated heterocycles. The van der Waals surface area contributed by atoms with Crippen LogP contribution < -0.4 is 5.32 Å². The third-order valence-electron chi connectivity index (χ3n) is 2.38. The Balaban J connectivity index is 2.43. The summed E-state index contributed by atoms with van der Waals surface area (Å²) in [5.74, 6) is 0. The zero-order valence-electron chi connectivity index (χ0n) is 6.85. The Bertz CT molecular complexity index is 112. The Labute approximate surface area is 62.6 Å². The second kappa shape index (κ2) is 2.89. The zero-order chi connectivity index (χ0) is 7.61. The molecule has 0 aromatic rings. The van der Waals surface area contributed by atoms with E-state index in [2.05, 4.69) is 12.2 Å². The maximum atomic E-state index is 9.72. The van der Waals surface area contributed by atoms with Crippen LogP contribution in [0.5, 0.6) is 0 Å². The third kappa shape index (κ3) is 1.50. The maximum absolute atomic E-state index is 9.72. The number of likely N-dealkylation sites (N-methyl/N-ethyl adjacent to an activating group) is 1. The second-order valence-corrected chi connectivity index (χ2v) is 3.36. The number of hydrogen-bond acceptors (Lipinski definition) is 2. The van der Waals surface area contributed by atoms with E-state index in [1.54, 1.807) is 0 Å². The van der Waals surface area contributed by atoms with Gasteiger partial charge in [0.15, 0.2) is 0 Å². The highest BCUT2D eigenvalue weighted by Crippen LogP contribution is 2.28. The van der Waals surface area contributed by atoms with Gasteiger partial charge in [-0.3, -0.25) is 0 Å². The van der Waals surface area contributed by atoms with Crippen LogP contribution in [0, 0.1) is 0 Å². The van der Waals surface area contributed by atoms with E-state index in [-0.39, 0.29) is 0 Å². The first-order valence-electron chi connectivity index (χ1n) is 4.12. The molecule has 0 spiro atoms. The van der Waals surface area contributed by atoms with E-state index in [0.717, 1.165) is 25.8 Å². The molecule has 1 aliphatic carbocycles. The van der Waals surface area contributed by atoms with Gasteiger partial charge in [-0.25, -0.2) is 0 Å². The van der Waals surface area contributed by atoms with Gasteiger partial charge < -0.3 is 10.4 Å². The predicted molar refractivity (Wildman–Crippen MR) is 41.9 cm³/mol. The van der Waals surface area contributed by atoms with Gasteiger partial charge in [0.2, 0.25) is 0 Å². The minimum atomic E-state index is -0.448. The molecule has 60 valence electrons. The molecule has 2 atom stereocenters. The predicted octanol–water partition coefficient (Wildman–Crippen LogP) is 0.899. The summed E-state index contributed by atoms with van der Waals surface area (Å²) in [5, 5.41) is 13.0. The van der Waals surface area contributed by atoms with Crippen molar-refractivity contribution >= 4 is 0 Å². The molecule has 1 fully saturated rings. The van der Waals surface area contributed by atoms with Gasteiger partial charge in [-0.05, 0) is 32.7 Å². The van der Waals surface area contributed by atoms with Crippen LogP contribution in [0.2, 0.25) is 0 Å². The van der Waals surface area contributed by atoms with Crippen LogP contribution >= 0.6 is 0 Å². The minimum absolute atomic E-state index is 0.331. The first kappa shape index (κ1) is 8.02. The van der Waals surface area contributed by atoms with Gasteiger partial charge in [0, 0.05) is 6.04 Å². The number of hydrogen-bond donors (Lipinski definition) is 2. The Morgan fingerprint density at radius 2 is 2.40 bits per heavy atom. The fraction of sp³-hybridized carbons (Fsp3) is 1.00. The van der Waals surface area contributed by atoms with Gasteiger partial charge in [0.25, 0.3) is 0 Å². The summed E-state index contributed by atoms with van der Waals surface area (Å²) in [6, 6.07) is 0.331. The highest BCUT2D eigenvalue weighted by atomic mass is 16.3. The Hall–Kier alpha value is -0.0800. The molecule has 0 aromatic heterocycles. The third-order valence-corrected chi connectivity index (χ3v) is 2.38. The van der Waals surface area contributed by atoms with Crippen molar-refractivity contribution in [1.29, 1.82) is 0 Å². The van der Waals surface area contributed by atoms with Crippen molar-refractivity contribution in [1.82, 2.24) is 5.32 Å². The molecule has 0 bridgehead atoms. The monoisotopic (exact) mass is 143 g/mol. The number of aliphatic hydroxyl groups is 1. The first-order chi connectivity index (χ1) is 4.67. The van der Waals surface area contributed by atoms with Crippen molar-refractivity contribution in [3.63, 3.8) is 0 Å². The smallest absolute Gasteiger partial charge is 0.0772 e. The molecule has 2 nitrogen and oxygen atoms in total. The molecule has 0 unspecified atom stereocenters. The standard InChI is InChI=1S/C8H17NO/c1-3-9-7-5-4-6-8(7,2)10/h7,9-10H,3-6H2,1-2H3/t7-,8+/m1/s1. The molecular weight excluding hydrogens is 126 g/mol. The van der Waals surface area contributed by atoms with Crippen LogP contribution in [-0.4, -0.2) is 23.3 Å². The highest BCUT2D eigenvalue weighted by Gasteiger charge is 2.35. The summed E-state index contributed by atoms with van der Waals surface area (Å²) < 4.78 is 0. The number of rotatable bonds is 2. The maximum Gasteiger partial charge on any atom is 0.0772 e. The molecule has 1 saturated carbocycles. The van der Waals surface area contributed by atoms with Gasteiger partial charge in [-0.15, -0.1) is 0 Å². The molecule has 0 aliphatic heterocycles. The van der Waals surface area contributed by atoms with Gasteiger partial charge in [-0.2, -0.15) is 0 Å². The number of nitrogens with one attached hydrogen (secondary N) is 1. The van der Waals surface area contributed by atoms with Crippen molar-refractivity contribution < 1.29 is 5.11 Å². The lowest BCUT2D eigenvalue weighted by Gasteiger charge is -2.25. The molecule has 10 heavy (non-hydrogen) atoms. The van der Waals surface area contributed by atoms with Crippen molar-refractivity contribution in [2.75, 3.05) is 6.54 Å². The molecule has 0 aromatic carbocycles. The van der Waals surface area contributed by atoms with Crippen molar-refractivity contribution in [3.05, 3.63) is 0 Å². The van der Waals surface area contributed by atoms with Crippen LogP contribution in [0.15, 0.2) is 0 Å². The molecule has 0 radical (unpaired) electrons. The fourth-order valence-electron chi connectivity index (χ4n) is 1.72. The molecular formula is C8H17NO. The fourth-order valence-corrected chi connectivity index (χ4v) is 1.72. The van der Waals surface area contributed by atoms with Crippen LogP contribution in [0.25, 0.3) is 0 Å². The molecule has 2 heteroatoms. The van der Waals surface area contributed by atoms with Crippen molar-refractivity contribution in [2.45, 2.75) is 44.8 Å². The van der Waals surface area contributed by atoms with Crippen LogP contribution in [0.1, 0.15) is 33.1 Å². The lowest BCUT2D eigenvalue weighted by molar-refractivity contribution is 0.0400. The van der Waals surface area contributed by atoms with Crippen LogP contribution in [-0.2, 0) is 0 Å². The highest BCUT2D eigenvalue weighted by molar-refractivity contribution is 4.93. The second-order valence-electron chi connectivity index (χ2n) is 3.36. The van der Waals surface area contributed by atoms with E-state index in [1.165, 1.54) is 0 Å². The SMILES string of the molecule is CCN[C@@H]1CCC[C@]1(C)O. The van der Waals surface area contributed by atoms with Gasteiger partial charge in [-0.1, -0.05) is 6.92 Å². The van der Waals surface area contributed by atoms with Crippen LogP contribution in [0.4, 0.5) is 0 Å². The summed E-state index contributed by atoms with van der Waals surface area (Å²) in [7, 11) is 0.